The van der Waals surface area contributed by atoms with E-state index in [9.17, 15) is 0 Å². The molecular formula is C12H14O2. The van der Waals surface area contributed by atoms with E-state index in [-0.39, 0.29) is 12.2 Å². The third-order valence-electron chi connectivity index (χ3n) is 2.24. The first-order valence-electron chi connectivity index (χ1n) is 4.80. The summed E-state index contributed by atoms with van der Waals surface area (Å²) < 4.78 is 10.8. The molecule has 1 fully saturated rings. The molecule has 1 aromatic carbocycles. The van der Waals surface area contributed by atoms with Crippen molar-refractivity contribution in [3.8, 4) is 0 Å². The molecule has 1 aromatic rings. The first-order chi connectivity index (χ1) is 6.90. The SMILES string of the molecule is C=C[C@@H](OCc1ccccc1)[C@H]1CO1. The van der Waals surface area contributed by atoms with Crippen LogP contribution in [0.2, 0.25) is 0 Å². The Morgan fingerprint density at radius 2 is 2.21 bits per heavy atom. The Balaban J connectivity index is 1.83. The van der Waals surface area contributed by atoms with Crippen LogP contribution in [0.25, 0.3) is 0 Å². The van der Waals surface area contributed by atoms with Crippen molar-refractivity contribution in [3.63, 3.8) is 0 Å². The van der Waals surface area contributed by atoms with Crippen molar-refractivity contribution in [1.29, 1.82) is 0 Å². The van der Waals surface area contributed by atoms with Crippen LogP contribution in [0.1, 0.15) is 5.56 Å². The topological polar surface area (TPSA) is 21.8 Å². The van der Waals surface area contributed by atoms with Gasteiger partial charge in [-0.15, -0.1) is 6.58 Å². The third-order valence-corrected chi connectivity index (χ3v) is 2.24. The number of benzene rings is 1. The Hall–Kier alpha value is -1.12. The molecule has 1 aliphatic heterocycles. The van der Waals surface area contributed by atoms with Crippen molar-refractivity contribution in [1.82, 2.24) is 0 Å². The Bertz CT molecular complexity index is 290. The predicted octanol–water partition coefficient (Wildman–Crippen LogP) is 2.16. The maximum absolute atomic E-state index is 5.66. The second-order valence-corrected chi connectivity index (χ2v) is 3.37. The van der Waals surface area contributed by atoms with E-state index in [0.29, 0.717) is 6.61 Å². The zero-order chi connectivity index (χ0) is 9.80. The summed E-state index contributed by atoms with van der Waals surface area (Å²) >= 11 is 0. The summed E-state index contributed by atoms with van der Waals surface area (Å²) in [5.41, 5.74) is 1.18. The molecule has 0 aliphatic carbocycles. The van der Waals surface area contributed by atoms with Crippen LogP contribution >= 0.6 is 0 Å². The molecule has 0 N–H and O–H groups in total. The molecule has 0 amide bonds. The molecule has 0 spiro atoms. The van der Waals surface area contributed by atoms with Crippen LogP contribution in [0, 0.1) is 0 Å². The minimum Gasteiger partial charge on any atom is -0.370 e. The molecular weight excluding hydrogens is 176 g/mol. The molecule has 2 heteroatoms. The van der Waals surface area contributed by atoms with Crippen molar-refractivity contribution in [2.75, 3.05) is 6.61 Å². The van der Waals surface area contributed by atoms with E-state index in [4.69, 9.17) is 9.47 Å². The maximum atomic E-state index is 5.66. The van der Waals surface area contributed by atoms with Crippen LogP contribution in [0.5, 0.6) is 0 Å². The average Bonchev–Trinajstić information content (AvgIpc) is 3.05. The van der Waals surface area contributed by atoms with E-state index in [1.165, 1.54) is 5.56 Å². The highest BCUT2D eigenvalue weighted by atomic mass is 16.6. The van der Waals surface area contributed by atoms with Gasteiger partial charge in [0.15, 0.2) is 0 Å². The Kier molecular flexibility index (Phi) is 2.96. The van der Waals surface area contributed by atoms with E-state index < -0.39 is 0 Å². The van der Waals surface area contributed by atoms with Gasteiger partial charge >= 0.3 is 0 Å². The molecule has 2 atom stereocenters. The second-order valence-electron chi connectivity index (χ2n) is 3.37. The second kappa shape index (κ2) is 4.40. The fourth-order valence-corrected chi connectivity index (χ4v) is 1.34. The number of epoxide rings is 1. The first-order valence-corrected chi connectivity index (χ1v) is 4.80. The fraction of sp³-hybridized carbons (Fsp3) is 0.333. The van der Waals surface area contributed by atoms with Crippen LogP contribution in [0.3, 0.4) is 0 Å². The van der Waals surface area contributed by atoms with Crippen molar-refractivity contribution >= 4 is 0 Å². The Morgan fingerprint density at radius 3 is 2.79 bits per heavy atom. The fourth-order valence-electron chi connectivity index (χ4n) is 1.34. The van der Waals surface area contributed by atoms with E-state index in [1.54, 1.807) is 6.08 Å². The molecule has 14 heavy (non-hydrogen) atoms. The van der Waals surface area contributed by atoms with Crippen molar-refractivity contribution in [2.24, 2.45) is 0 Å². The predicted molar refractivity (Wildman–Crippen MR) is 55.0 cm³/mol. The van der Waals surface area contributed by atoms with E-state index in [2.05, 4.69) is 6.58 Å². The van der Waals surface area contributed by atoms with Gasteiger partial charge in [-0.05, 0) is 5.56 Å². The summed E-state index contributed by atoms with van der Waals surface area (Å²) in [4.78, 5) is 0. The summed E-state index contributed by atoms with van der Waals surface area (Å²) in [6, 6.07) is 10.1. The summed E-state index contributed by atoms with van der Waals surface area (Å²) in [6.45, 7) is 5.15. The Morgan fingerprint density at radius 1 is 1.50 bits per heavy atom. The molecule has 0 saturated carbocycles. The van der Waals surface area contributed by atoms with Gasteiger partial charge in [0.25, 0.3) is 0 Å². The molecule has 2 nitrogen and oxygen atoms in total. The van der Waals surface area contributed by atoms with Crippen molar-refractivity contribution in [3.05, 3.63) is 48.6 Å². The largest absolute Gasteiger partial charge is 0.370 e. The summed E-state index contributed by atoms with van der Waals surface area (Å²) in [7, 11) is 0. The zero-order valence-corrected chi connectivity index (χ0v) is 8.06. The lowest BCUT2D eigenvalue weighted by atomic mass is 10.2. The molecule has 0 radical (unpaired) electrons. The van der Waals surface area contributed by atoms with Gasteiger partial charge in [-0.2, -0.15) is 0 Å². The van der Waals surface area contributed by atoms with Crippen molar-refractivity contribution in [2.45, 2.75) is 18.8 Å². The smallest absolute Gasteiger partial charge is 0.111 e. The highest BCUT2D eigenvalue weighted by Crippen LogP contribution is 2.18. The Labute approximate surface area is 84.2 Å². The molecule has 1 heterocycles. The van der Waals surface area contributed by atoms with E-state index in [0.717, 1.165) is 6.61 Å². The van der Waals surface area contributed by atoms with Crippen LogP contribution < -0.4 is 0 Å². The van der Waals surface area contributed by atoms with Gasteiger partial charge in [0.05, 0.1) is 13.2 Å². The van der Waals surface area contributed by atoms with Crippen LogP contribution in [0.4, 0.5) is 0 Å². The molecule has 0 bridgehead atoms. The van der Waals surface area contributed by atoms with Crippen LogP contribution in [0.15, 0.2) is 43.0 Å². The van der Waals surface area contributed by atoms with Crippen LogP contribution in [-0.2, 0) is 16.1 Å². The molecule has 2 rings (SSSR count). The number of ether oxygens (including phenoxy) is 2. The number of hydrogen-bond acceptors (Lipinski definition) is 2. The van der Waals surface area contributed by atoms with Crippen molar-refractivity contribution < 1.29 is 9.47 Å². The van der Waals surface area contributed by atoms with Gasteiger partial charge in [0, 0.05) is 0 Å². The number of hydrogen-bond donors (Lipinski definition) is 0. The van der Waals surface area contributed by atoms with Gasteiger partial charge in [-0.1, -0.05) is 36.4 Å². The highest BCUT2D eigenvalue weighted by Gasteiger charge is 2.31. The lowest BCUT2D eigenvalue weighted by Gasteiger charge is -2.10. The minimum absolute atomic E-state index is 0.0372. The van der Waals surface area contributed by atoms with Crippen LogP contribution in [-0.4, -0.2) is 18.8 Å². The minimum atomic E-state index is 0.0372. The van der Waals surface area contributed by atoms with E-state index in [1.807, 2.05) is 30.3 Å². The van der Waals surface area contributed by atoms with Gasteiger partial charge in [0.2, 0.25) is 0 Å². The third kappa shape index (κ3) is 2.44. The monoisotopic (exact) mass is 190 g/mol. The van der Waals surface area contributed by atoms with Gasteiger partial charge in [-0.25, -0.2) is 0 Å². The molecule has 1 saturated heterocycles. The average molecular weight is 190 g/mol. The number of rotatable bonds is 5. The summed E-state index contributed by atoms with van der Waals surface area (Å²) in [5.74, 6) is 0. The first kappa shape index (κ1) is 9.44. The molecule has 1 aliphatic rings. The standard InChI is InChI=1S/C12H14O2/c1-2-11(12-9-14-12)13-8-10-6-4-3-5-7-10/h2-7,11-12H,1,8-9H2/t11-,12-/m1/s1. The van der Waals surface area contributed by atoms with E-state index >= 15 is 0 Å². The zero-order valence-electron chi connectivity index (χ0n) is 8.06. The molecule has 0 aromatic heterocycles. The maximum Gasteiger partial charge on any atom is 0.111 e. The molecule has 74 valence electrons. The van der Waals surface area contributed by atoms with Gasteiger partial charge < -0.3 is 9.47 Å². The highest BCUT2D eigenvalue weighted by molar-refractivity contribution is 5.13. The normalized spacial score (nSPS) is 21.6. The summed E-state index contributed by atoms with van der Waals surface area (Å²) in [6.07, 6.45) is 2.08. The van der Waals surface area contributed by atoms with Gasteiger partial charge in [-0.3, -0.25) is 0 Å². The van der Waals surface area contributed by atoms with Gasteiger partial charge in [0.1, 0.15) is 12.2 Å². The summed E-state index contributed by atoms with van der Waals surface area (Å²) in [5, 5.41) is 0. The lowest BCUT2D eigenvalue weighted by Crippen LogP contribution is -2.16. The lowest BCUT2D eigenvalue weighted by molar-refractivity contribution is 0.0528. The molecule has 0 unspecified atom stereocenters. The quantitative estimate of drug-likeness (QED) is 0.524.